The van der Waals surface area contributed by atoms with Gasteiger partial charge in [-0.05, 0) is 30.7 Å². The number of rotatable bonds is 5. The third-order valence-corrected chi connectivity index (χ3v) is 3.71. The zero-order valence-corrected chi connectivity index (χ0v) is 13.3. The van der Waals surface area contributed by atoms with Gasteiger partial charge in [0.05, 0.1) is 24.2 Å². The molecule has 0 aliphatic rings. The number of aryl methyl sites for hydroxylation is 1. The summed E-state index contributed by atoms with van der Waals surface area (Å²) in [4.78, 5) is 12.3. The van der Waals surface area contributed by atoms with E-state index in [0.717, 1.165) is 16.8 Å². The molecule has 1 heterocycles. The zero-order valence-electron chi connectivity index (χ0n) is 13.3. The minimum atomic E-state index is -0.743. The maximum atomic E-state index is 12.3. The normalized spacial score (nSPS) is 11.9. The topological polar surface area (TPSA) is 80.0 Å². The molecule has 1 unspecified atom stereocenters. The van der Waals surface area contributed by atoms with Gasteiger partial charge in [-0.15, -0.1) is 5.10 Å². The van der Waals surface area contributed by atoms with Crippen molar-refractivity contribution in [3.05, 3.63) is 77.6 Å². The van der Waals surface area contributed by atoms with Gasteiger partial charge in [0, 0.05) is 12.1 Å². The summed E-state index contributed by atoms with van der Waals surface area (Å²) in [7, 11) is 0. The van der Waals surface area contributed by atoms with Crippen molar-refractivity contribution in [2.45, 2.75) is 13.0 Å². The highest BCUT2D eigenvalue weighted by Gasteiger charge is 2.11. The SMILES string of the molecule is Cc1ccc(C(O)CNC(=O)c2cccc(-n3ccnn3)c2)cc1. The van der Waals surface area contributed by atoms with E-state index in [1.54, 1.807) is 35.3 Å². The van der Waals surface area contributed by atoms with Gasteiger partial charge < -0.3 is 10.4 Å². The predicted octanol–water partition coefficient (Wildman–Crippen LogP) is 2.04. The lowest BCUT2D eigenvalue weighted by molar-refractivity contribution is 0.0916. The number of hydrogen-bond donors (Lipinski definition) is 2. The van der Waals surface area contributed by atoms with E-state index in [0.29, 0.717) is 5.56 Å². The van der Waals surface area contributed by atoms with Crippen LogP contribution in [0.5, 0.6) is 0 Å². The molecule has 0 fully saturated rings. The van der Waals surface area contributed by atoms with E-state index < -0.39 is 6.10 Å². The van der Waals surface area contributed by atoms with Crippen molar-refractivity contribution in [2.75, 3.05) is 6.54 Å². The maximum absolute atomic E-state index is 12.3. The standard InChI is InChI=1S/C18H18N4O2/c1-13-5-7-14(8-6-13)17(23)12-19-18(24)15-3-2-4-16(11-15)22-10-9-20-21-22/h2-11,17,23H,12H2,1H3,(H,19,24). The van der Waals surface area contributed by atoms with Crippen molar-refractivity contribution in [1.29, 1.82) is 0 Å². The lowest BCUT2D eigenvalue weighted by Crippen LogP contribution is -2.28. The van der Waals surface area contributed by atoms with E-state index in [1.165, 1.54) is 0 Å². The van der Waals surface area contributed by atoms with Crippen LogP contribution in [-0.2, 0) is 0 Å². The van der Waals surface area contributed by atoms with Crippen molar-refractivity contribution >= 4 is 5.91 Å². The summed E-state index contributed by atoms with van der Waals surface area (Å²) in [6, 6.07) is 14.6. The molecule has 3 aromatic rings. The van der Waals surface area contributed by atoms with E-state index in [1.807, 2.05) is 37.3 Å². The Bertz CT molecular complexity index is 813. The van der Waals surface area contributed by atoms with Crippen LogP contribution >= 0.6 is 0 Å². The van der Waals surface area contributed by atoms with Crippen LogP contribution in [0.3, 0.4) is 0 Å². The van der Waals surface area contributed by atoms with Crippen molar-refractivity contribution in [3.63, 3.8) is 0 Å². The number of hydrogen-bond acceptors (Lipinski definition) is 4. The molecule has 0 aliphatic carbocycles. The highest BCUT2D eigenvalue weighted by atomic mass is 16.3. The molecule has 0 spiro atoms. The fourth-order valence-electron chi connectivity index (χ4n) is 2.33. The smallest absolute Gasteiger partial charge is 0.251 e. The highest BCUT2D eigenvalue weighted by Crippen LogP contribution is 2.13. The van der Waals surface area contributed by atoms with Gasteiger partial charge in [0.25, 0.3) is 5.91 Å². The molecule has 24 heavy (non-hydrogen) atoms. The Hall–Kier alpha value is -2.99. The number of amides is 1. The first-order chi connectivity index (χ1) is 11.6. The minimum Gasteiger partial charge on any atom is -0.387 e. The lowest BCUT2D eigenvalue weighted by atomic mass is 10.1. The molecule has 6 heteroatoms. The molecule has 0 saturated heterocycles. The van der Waals surface area contributed by atoms with Gasteiger partial charge in [-0.25, -0.2) is 4.68 Å². The van der Waals surface area contributed by atoms with Gasteiger partial charge in [-0.2, -0.15) is 0 Å². The van der Waals surface area contributed by atoms with Crippen LogP contribution in [0.15, 0.2) is 60.9 Å². The van der Waals surface area contributed by atoms with Gasteiger partial charge in [0.15, 0.2) is 0 Å². The third kappa shape index (κ3) is 3.67. The number of aliphatic hydroxyl groups is 1. The van der Waals surface area contributed by atoms with Crippen molar-refractivity contribution in [1.82, 2.24) is 20.3 Å². The Kier molecular flexibility index (Phi) is 4.67. The van der Waals surface area contributed by atoms with E-state index in [2.05, 4.69) is 15.6 Å². The van der Waals surface area contributed by atoms with Gasteiger partial charge in [-0.3, -0.25) is 4.79 Å². The Morgan fingerprint density at radius 3 is 2.75 bits per heavy atom. The third-order valence-electron chi connectivity index (χ3n) is 3.71. The van der Waals surface area contributed by atoms with E-state index >= 15 is 0 Å². The van der Waals surface area contributed by atoms with Crippen LogP contribution in [0.25, 0.3) is 5.69 Å². The van der Waals surface area contributed by atoms with Crippen LogP contribution in [0.4, 0.5) is 0 Å². The number of nitrogens with zero attached hydrogens (tertiary/aromatic N) is 3. The highest BCUT2D eigenvalue weighted by molar-refractivity contribution is 5.94. The molecule has 1 aromatic heterocycles. The average molecular weight is 322 g/mol. The minimum absolute atomic E-state index is 0.148. The fraction of sp³-hybridized carbons (Fsp3) is 0.167. The lowest BCUT2D eigenvalue weighted by Gasteiger charge is -2.13. The Balaban J connectivity index is 1.65. The molecule has 1 amide bonds. The molecule has 0 bridgehead atoms. The number of carbonyl (C=O) groups is 1. The second-order valence-corrected chi connectivity index (χ2v) is 5.53. The van der Waals surface area contributed by atoms with Gasteiger partial charge in [0.1, 0.15) is 0 Å². The second kappa shape index (κ2) is 7.06. The Morgan fingerprint density at radius 1 is 1.25 bits per heavy atom. The van der Waals surface area contributed by atoms with Gasteiger partial charge in [0.2, 0.25) is 0 Å². The van der Waals surface area contributed by atoms with Gasteiger partial charge >= 0.3 is 0 Å². The zero-order chi connectivity index (χ0) is 16.9. The van der Waals surface area contributed by atoms with Crippen LogP contribution in [0.2, 0.25) is 0 Å². The van der Waals surface area contributed by atoms with Crippen LogP contribution < -0.4 is 5.32 Å². The van der Waals surface area contributed by atoms with Gasteiger partial charge in [-0.1, -0.05) is 41.1 Å². The number of aliphatic hydroxyl groups excluding tert-OH is 1. The Labute approximate surface area is 139 Å². The van der Waals surface area contributed by atoms with E-state index in [4.69, 9.17) is 0 Å². The second-order valence-electron chi connectivity index (χ2n) is 5.53. The number of benzene rings is 2. The molecule has 3 rings (SSSR count). The molecular weight excluding hydrogens is 304 g/mol. The molecular formula is C18H18N4O2. The van der Waals surface area contributed by atoms with Crippen molar-refractivity contribution < 1.29 is 9.90 Å². The summed E-state index contributed by atoms with van der Waals surface area (Å²) in [5.74, 6) is -0.247. The molecule has 122 valence electrons. The number of aromatic nitrogens is 3. The largest absolute Gasteiger partial charge is 0.387 e. The summed E-state index contributed by atoms with van der Waals surface area (Å²) < 4.78 is 1.58. The first kappa shape index (κ1) is 15.9. The molecule has 0 radical (unpaired) electrons. The number of nitrogens with one attached hydrogen (secondary N) is 1. The summed E-state index contributed by atoms with van der Waals surface area (Å²) in [5.41, 5.74) is 3.15. The molecule has 2 aromatic carbocycles. The molecule has 0 aliphatic heterocycles. The van der Waals surface area contributed by atoms with E-state index in [-0.39, 0.29) is 12.5 Å². The number of carbonyl (C=O) groups excluding carboxylic acids is 1. The molecule has 1 atom stereocenters. The van der Waals surface area contributed by atoms with E-state index in [9.17, 15) is 9.90 Å². The summed E-state index contributed by atoms with van der Waals surface area (Å²) in [6.45, 7) is 2.13. The maximum Gasteiger partial charge on any atom is 0.251 e. The molecule has 0 saturated carbocycles. The quantitative estimate of drug-likeness (QED) is 0.753. The summed E-state index contributed by atoms with van der Waals surface area (Å²) in [5, 5.41) is 20.6. The Morgan fingerprint density at radius 2 is 2.04 bits per heavy atom. The monoisotopic (exact) mass is 322 g/mol. The van der Waals surface area contributed by atoms with Crippen LogP contribution in [-0.4, -0.2) is 32.6 Å². The summed E-state index contributed by atoms with van der Waals surface area (Å²) >= 11 is 0. The predicted molar refractivity (Wildman–Crippen MR) is 89.8 cm³/mol. The van der Waals surface area contributed by atoms with Crippen molar-refractivity contribution in [2.24, 2.45) is 0 Å². The first-order valence-electron chi connectivity index (χ1n) is 7.63. The first-order valence-corrected chi connectivity index (χ1v) is 7.63. The average Bonchev–Trinajstić information content (AvgIpc) is 3.15. The van der Waals surface area contributed by atoms with Crippen molar-refractivity contribution in [3.8, 4) is 5.69 Å². The summed E-state index contributed by atoms with van der Waals surface area (Å²) in [6.07, 6.45) is 2.54. The van der Waals surface area contributed by atoms with Crippen LogP contribution in [0.1, 0.15) is 27.6 Å². The van der Waals surface area contributed by atoms with Crippen LogP contribution in [0, 0.1) is 6.92 Å². The molecule has 2 N–H and O–H groups in total. The fourth-order valence-corrected chi connectivity index (χ4v) is 2.33. The molecule has 6 nitrogen and oxygen atoms in total.